The van der Waals surface area contributed by atoms with Gasteiger partial charge in [-0.3, -0.25) is 0 Å². The summed E-state index contributed by atoms with van der Waals surface area (Å²) in [7, 11) is 0. The van der Waals surface area contributed by atoms with E-state index in [0.29, 0.717) is 0 Å². The van der Waals surface area contributed by atoms with Crippen LogP contribution in [0.25, 0.3) is 11.1 Å². The summed E-state index contributed by atoms with van der Waals surface area (Å²) in [5.74, 6) is 0. The zero-order valence-electron chi connectivity index (χ0n) is 33.9. The van der Waals surface area contributed by atoms with Gasteiger partial charge in [0.25, 0.3) is 0 Å². The number of hydrogen-bond donors (Lipinski definition) is 0. The highest BCUT2D eigenvalue weighted by molar-refractivity contribution is 6.93. The number of benzene rings is 5. The average Bonchev–Trinajstić information content (AvgIpc) is 3.11. The largest absolute Gasteiger partial charge is 0.376 e. The predicted molar refractivity (Wildman–Crippen MR) is 228 cm³/mol. The molecule has 0 spiro atoms. The molecule has 0 radical (unpaired) electrons. The molecule has 0 saturated heterocycles. The van der Waals surface area contributed by atoms with E-state index in [1.54, 1.807) is 5.56 Å². The van der Waals surface area contributed by atoms with Gasteiger partial charge in [-0.2, -0.15) is 0 Å². The molecule has 0 unspecified atom stereocenters. The van der Waals surface area contributed by atoms with E-state index in [9.17, 15) is 0 Å². The number of para-hydroxylation sites is 2. The SMILES string of the molecule is Cc1cc2c3c(c1)N1c4cc5c(cc4C(C)(C)c4cccc(c41)B3N(c1ccccc1)c1cc3c(cc1-2)C(C)(C)CCC3(C)C)C(C)(C)CCC5(C)C. The second-order valence-electron chi connectivity index (χ2n) is 20.4. The van der Waals surface area contributed by atoms with E-state index in [1.807, 2.05) is 0 Å². The lowest BCUT2D eigenvalue weighted by atomic mass is 9.42. The van der Waals surface area contributed by atoms with Gasteiger partial charge < -0.3 is 9.71 Å². The molecule has 0 N–H and O–H groups in total. The van der Waals surface area contributed by atoms with Crippen LogP contribution in [0.1, 0.15) is 134 Å². The van der Waals surface area contributed by atoms with Gasteiger partial charge in [0.1, 0.15) is 0 Å². The van der Waals surface area contributed by atoms with Crippen LogP contribution < -0.4 is 20.6 Å². The molecule has 0 aromatic heterocycles. The highest BCUT2D eigenvalue weighted by atomic mass is 15.2. The molecule has 10 rings (SSSR count). The zero-order chi connectivity index (χ0) is 37.2. The Bertz CT molecular complexity index is 2410. The number of aryl methyl sites for hydroxylation is 1. The predicted octanol–water partition coefficient (Wildman–Crippen LogP) is 12.0. The minimum atomic E-state index is -0.160. The number of anilines is 5. The van der Waals surface area contributed by atoms with Crippen LogP contribution in [0.2, 0.25) is 0 Å². The van der Waals surface area contributed by atoms with Crippen molar-refractivity contribution in [3.05, 3.63) is 124 Å². The smallest absolute Gasteiger partial charge is 0.333 e. The van der Waals surface area contributed by atoms with Crippen molar-refractivity contribution < 1.29 is 0 Å². The van der Waals surface area contributed by atoms with Crippen LogP contribution in [-0.4, -0.2) is 6.85 Å². The lowest BCUT2D eigenvalue weighted by molar-refractivity contribution is 0.331. The quantitative estimate of drug-likeness (QED) is 0.161. The maximum absolute atomic E-state index is 2.71. The molecule has 3 heteroatoms. The van der Waals surface area contributed by atoms with Crippen molar-refractivity contribution in [2.24, 2.45) is 0 Å². The number of fused-ring (bicyclic) bond motifs is 8. The second-order valence-corrected chi connectivity index (χ2v) is 20.4. The Balaban J connectivity index is 1.34. The maximum Gasteiger partial charge on any atom is 0.333 e. The molecule has 0 saturated carbocycles. The van der Waals surface area contributed by atoms with Crippen molar-refractivity contribution in [2.45, 2.75) is 129 Å². The summed E-state index contributed by atoms with van der Waals surface area (Å²) in [5.41, 5.74) is 23.0. The monoisotopic (exact) mass is 694 g/mol. The van der Waals surface area contributed by atoms with Gasteiger partial charge in [-0.25, -0.2) is 0 Å². The van der Waals surface area contributed by atoms with Gasteiger partial charge in [-0.15, -0.1) is 0 Å². The molecule has 3 aliphatic heterocycles. The molecule has 0 amide bonds. The van der Waals surface area contributed by atoms with Gasteiger partial charge in [-0.1, -0.05) is 118 Å². The van der Waals surface area contributed by atoms with E-state index < -0.39 is 0 Å². The van der Waals surface area contributed by atoms with Crippen molar-refractivity contribution in [2.75, 3.05) is 9.71 Å². The average molecular weight is 695 g/mol. The Morgan fingerprint density at radius 1 is 0.491 bits per heavy atom. The standard InChI is InChI=1S/C50H55BN2/c1-30-24-33-32-26-35-37(48(6,7)22-20-46(35,2)3)28-41(32)53(31-16-13-12-14-17-31)51-40-19-15-18-34-45(40)52(43(25-30)44(33)51)42-29-38-36(27-39(42)50(34,10)11)47(4,5)21-23-49(38,8)9/h12-19,24-29H,20-23H2,1-11H3. The number of rotatable bonds is 1. The fourth-order valence-corrected chi connectivity index (χ4v) is 11.3. The molecule has 2 nitrogen and oxygen atoms in total. The molecule has 2 aliphatic carbocycles. The van der Waals surface area contributed by atoms with Gasteiger partial charge in [0, 0.05) is 33.7 Å². The molecule has 5 aromatic rings. The Hall–Kier alpha value is -4.24. The van der Waals surface area contributed by atoms with E-state index >= 15 is 0 Å². The molecule has 3 heterocycles. The molecule has 268 valence electrons. The molecular weight excluding hydrogens is 639 g/mol. The molecule has 5 aliphatic rings. The fraction of sp³-hybridized carbons (Fsp3) is 0.400. The molecule has 5 aromatic carbocycles. The first-order chi connectivity index (χ1) is 24.9. The van der Waals surface area contributed by atoms with Crippen molar-refractivity contribution >= 4 is 46.2 Å². The summed E-state index contributed by atoms with van der Waals surface area (Å²) < 4.78 is 0. The van der Waals surface area contributed by atoms with Crippen LogP contribution in [-0.2, 0) is 27.1 Å². The molecule has 0 bridgehead atoms. The highest BCUT2D eigenvalue weighted by Gasteiger charge is 2.51. The third-order valence-corrected chi connectivity index (χ3v) is 14.8. The Morgan fingerprint density at radius 2 is 1.06 bits per heavy atom. The summed E-state index contributed by atoms with van der Waals surface area (Å²) in [6.07, 6.45) is 4.83. The minimum absolute atomic E-state index is 0.0461. The zero-order valence-corrected chi connectivity index (χ0v) is 33.9. The van der Waals surface area contributed by atoms with Crippen LogP contribution in [0.5, 0.6) is 0 Å². The summed E-state index contributed by atoms with van der Waals surface area (Å²) in [6.45, 7) is 27.1. The van der Waals surface area contributed by atoms with Crippen molar-refractivity contribution in [3.63, 3.8) is 0 Å². The van der Waals surface area contributed by atoms with Crippen LogP contribution in [0.4, 0.5) is 28.4 Å². The lowest BCUT2D eigenvalue weighted by Gasteiger charge is -2.52. The van der Waals surface area contributed by atoms with E-state index in [1.165, 1.54) is 110 Å². The first-order valence-electron chi connectivity index (χ1n) is 20.2. The molecule has 0 fully saturated rings. The molecule has 0 atom stereocenters. The van der Waals surface area contributed by atoms with E-state index in [-0.39, 0.29) is 33.9 Å². The van der Waals surface area contributed by atoms with E-state index in [0.717, 1.165) is 0 Å². The Morgan fingerprint density at radius 3 is 1.68 bits per heavy atom. The van der Waals surface area contributed by atoms with Gasteiger partial charge in [0.05, 0.1) is 5.69 Å². The normalized spacial score (nSPS) is 21.1. The van der Waals surface area contributed by atoms with Gasteiger partial charge in [0.15, 0.2) is 0 Å². The van der Waals surface area contributed by atoms with Gasteiger partial charge >= 0.3 is 6.85 Å². The Kier molecular flexibility index (Phi) is 6.47. The number of hydrogen-bond acceptors (Lipinski definition) is 2. The molecular formula is C50H55BN2. The maximum atomic E-state index is 2.71. The minimum Gasteiger partial charge on any atom is -0.376 e. The van der Waals surface area contributed by atoms with Crippen LogP contribution in [0, 0.1) is 6.92 Å². The summed E-state index contributed by atoms with van der Waals surface area (Å²) in [5, 5.41) is 0. The highest BCUT2D eigenvalue weighted by Crippen LogP contribution is 2.59. The number of nitrogens with zero attached hydrogens (tertiary/aromatic N) is 2. The Labute approximate surface area is 318 Å². The van der Waals surface area contributed by atoms with Crippen molar-refractivity contribution in [3.8, 4) is 11.1 Å². The topological polar surface area (TPSA) is 6.48 Å². The van der Waals surface area contributed by atoms with E-state index in [4.69, 9.17) is 0 Å². The first kappa shape index (κ1) is 33.3. The fourth-order valence-electron chi connectivity index (χ4n) is 11.3. The van der Waals surface area contributed by atoms with Crippen LogP contribution in [0.3, 0.4) is 0 Å². The van der Waals surface area contributed by atoms with Crippen LogP contribution >= 0.6 is 0 Å². The summed E-state index contributed by atoms with van der Waals surface area (Å²) in [4.78, 5) is 5.42. The lowest BCUT2D eigenvalue weighted by Crippen LogP contribution is -2.62. The van der Waals surface area contributed by atoms with Gasteiger partial charge in [0.2, 0.25) is 0 Å². The van der Waals surface area contributed by atoms with Crippen LogP contribution in [0.15, 0.2) is 84.9 Å². The third-order valence-electron chi connectivity index (χ3n) is 14.8. The van der Waals surface area contributed by atoms with Crippen molar-refractivity contribution in [1.29, 1.82) is 0 Å². The summed E-state index contributed by atoms with van der Waals surface area (Å²) in [6, 6.07) is 34.0. The summed E-state index contributed by atoms with van der Waals surface area (Å²) >= 11 is 0. The molecule has 53 heavy (non-hydrogen) atoms. The van der Waals surface area contributed by atoms with E-state index in [2.05, 4.69) is 171 Å². The third kappa shape index (κ3) is 4.34. The van der Waals surface area contributed by atoms with Crippen molar-refractivity contribution in [1.82, 2.24) is 0 Å². The second kappa shape index (κ2) is 10.3. The van der Waals surface area contributed by atoms with Gasteiger partial charge in [-0.05, 0) is 146 Å². The first-order valence-corrected chi connectivity index (χ1v) is 20.2.